The van der Waals surface area contributed by atoms with Crippen LogP contribution in [0.2, 0.25) is 0 Å². The molecule has 1 atom stereocenters. The zero-order chi connectivity index (χ0) is 17.6. The topological polar surface area (TPSA) is 79.5 Å². The number of carbonyl (C=O) groups is 1. The van der Waals surface area contributed by atoms with Gasteiger partial charge in [0.15, 0.2) is 5.65 Å². The van der Waals surface area contributed by atoms with Crippen molar-refractivity contribution in [2.24, 2.45) is 0 Å². The number of aliphatic hydroxyl groups is 1. The number of nitrogens with one attached hydrogen (secondary N) is 1. The highest BCUT2D eigenvalue weighted by molar-refractivity contribution is 5.99. The van der Waals surface area contributed by atoms with E-state index in [1.807, 2.05) is 47.0 Å². The third-order valence-corrected chi connectivity index (χ3v) is 4.10. The molecule has 0 aliphatic carbocycles. The van der Waals surface area contributed by atoms with E-state index in [0.29, 0.717) is 17.6 Å². The lowest BCUT2D eigenvalue weighted by atomic mass is 10.1. The molecule has 0 unspecified atom stereocenters. The van der Waals surface area contributed by atoms with E-state index in [1.165, 1.54) is 0 Å². The van der Waals surface area contributed by atoms with Crippen LogP contribution in [0.15, 0.2) is 48.7 Å². The molecule has 0 bridgehead atoms. The van der Waals surface area contributed by atoms with Crippen LogP contribution in [0.3, 0.4) is 0 Å². The molecule has 1 aromatic carbocycles. The van der Waals surface area contributed by atoms with Crippen molar-refractivity contribution in [3.63, 3.8) is 0 Å². The Bertz CT molecular complexity index is 845. The van der Waals surface area contributed by atoms with E-state index in [4.69, 9.17) is 0 Å². The number of benzene rings is 1. The smallest absolute Gasteiger partial charge is 0.255 e. The molecule has 2 N–H and O–H groups in total. The fourth-order valence-corrected chi connectivity index (χ4v) is 2.86. The van der Waals surface area contributed by atoms with Gasteiger partial charge in [0.25, 0.3) is 5.91 Å². The molecule has 0 spiro atoms. The maximum atomic E-state index is 12.7. The Morgan fingerprint density at radius 2 is 2.00 bits per heavy atom. The first kappa shape index (κ1) is 17.1. The highest BCUT2D eigenvalue weighted by Crippen LogP contribution is 2.12. The minimum Gasteiger partial charge on any atom is -0.394 e. The van der Waals surface area contributed by atoms with E-state index in [2.05, 4.69) is 22.4 Å². The maximum absolute atomic E-state index is 12.7. The number of fused-ring (bicyclic) bond motifs is 1. The average Bonchev–Trinajstić information content (AvgIpc) is 3.05. The van der Waals surface area contributed by atoms with Crippen molar-refractivity contribution >= 4 is 11.6 Å². The zero-order valence-electron chi connectivity index (χ0n) is 14.2. The minimum absolute atomic E-state index is 0.127. The number of aromatic nitrogens is 3. The van der Waals surface area contributed by atoms with Gasteiger partial charge in [-0.05, 0) is 30.5 Å². The van der Waals surface area contributed by atoms with Crippen LogP contribution in [-0.2, 0) is 12.8 Å². The standard InChI is InChI=1S/C19H22N4O2/c1-2-7-17-21-22-18-16(10-6-11-23(17)18)19(25)20-15(13-24)12-14-8-4-3-5-9-14/h3-6,8-11,15,24H,2,7,12-13H2,1H3,(H,20,25)/t15-/m0/s1. The van der Waals surface area contributed by atoms with Crippen LogP contribution >= 0.6 is 0 Å². The summed E-state index contributed by atoms with van der Waals surface area (Å²) in [6.45, 7) is 1.95. The molecule has 130 valence electrons. The van der Waals surface area contributed by atoms with E-state index < -0.39 is 0 Å². The first-order valence-corrected chi connectivity index (χ1v) is 8.51. The molecule has 6 heteroatoms. The first-order chi connectivity index (χ1) is 12.2. The largest absolute Gasteiger partial charge is 0.394 e. The van der Waals surface area contributed by atoms with Gasteiger partial charge in [-0.1, -0.05) is 37.3 Å². The zero-order valence-corrected chi connectivity index (χ0v) is 14.2. The number of amides is 1. The summed E-state index contributed by atoms with van der Waals surface area (Å²) in [4.78, 5) is 12.7. The van der Waals surface area contributed by atoms with Gasteiger partial charge in [0.05, 0.1) is 18.2 Å². The number of carbonyl (C=O) groups excluding carboxylic acids is 1. The third-order valence-electron chi connectivity index (χ3n) is 4.10. The van der Waals surface area contributed by atoms with E-state index in [-0.39, 0.29) is 18.6 Å². The van der Waals surface area contributed by atoms with E-state index in [0.717, 1.165) is 24.2 Å². The van der Waals surface area contributed by atoms with Gasteiger partial charge in [-0.25, -0.2) is 0 Å². The van der Waals surface area contributed by atoms with E-state index in [1.54, 1.807) is 6.07 Å². The molecule has 25 heavy (non-hydrogen) atoms. The van der Waals surface area contributed by atoms with Crippen molar-refractivity contribution in [2.75, 3.05) is 6.61 Å². The van der Waals surface area contributed by atoms with Gasteiger partial charge in [0.1, 0.15) is 5.82 Å². The summed E-state index contributed by atoms with van der Waals surface area (Å²) in [5.41, 5.74) is 2.07. The van der Waals surface area contributed by atoms with Crippen molar-refractivity contribution in [3.05, 3.63) is 65.6 Å². The van der Waals surface area contributed by atoms with Crippen LogP contribution in [0, 0.1) is 0 Å². The summed E-state index contributed by atoms with van der Waals surface area (Å²) in [6.07, 6.45) is 4.20. The fourth-order valence-electron chi connectivity index (χ4n) is 2.86. The normalized spacial score (nSPS) is 12.2. The van der Waals surface area contributed by atoms with Gasteiger partial charge in [0, 0.05) is 12.6 Å². The number of pyridine rings is 1. The SMILES string of the molecule is CCCc1nnc2c(C(=O)N[C@H](CO)Cc3ccccc3)cccn12. The molecular weight excluding hydrogens is 316 g/mol. The fraction of sp³-hybridized carbons (Fsp3) is 0.316. The second-order valence-corrected chi connectivity index (χ2v) is 6.02. The first-order valence-electron chi connectivity index (χ1n) is 8.51. The third kappa shape index (κ3) is 3.85. The van der Waals surface area contributed by atoms with Crippen LogP contribution in [0.5, 0.6) is 0 Å². The molecule has 0 radical (unpaired) electrons. The monoisotopic (exact) mass is 338 g/mol. The van der Waals surface area contributed by atoms with Crippen LogP contribution in [0.1, 0.15) is 35.1 Å². The lowest BCUT2D eigenvalue weighted by molar-refractivity contribution is 0.0917. The van der Waals surface area contributed by atoms with Gasteiger partial charge < -0.3 is 10.4 Å². The van der Waals surface area contributed by atoms with Gasteiger partial charge in [-0.15, -0.1) is 10.2 Å². The Morgan fingerprint density at radius 1 is 1.20 bits per heavy atom. The summed E-state index contributed by atoms with van der Waals surface area (Å²) >= 11 is 0. The molecule has 1 amide bonds. The number of nitrogens with zero attached hydrogens (tertiary/aromatic N) is 3. The molecule has 2 heterocycles. The van der Waals surface area contributed by atoms with E-state index >= 15 is 0 Å². The highest BCUT2D eigenvalue weighted by Gasteiger charge is 2.18. The van der Waals surface area contributed by atoms with Crippen LogP contribution in [0.4, 0.5) is 0 Å². The van der Waals surface area contributed by atoms with Gasteiger partial charge >= 0.3 is 0 Å². The summed E-state index contributed by atoms with van der Waals surface area (Å²) in [6, 6.07) is 13.0. The molecule has 3 rings (SSSR count). The van der Waals surface area contributed by atoms with Crippen molar-refractivity contribution < 1.29 is 9.90 Å². The Balaban J connectivity index is 1.79. The predicted molar refractivity (Wildman–Crippen MR) is 95.5 cm³/mol. The maximum Gasteiger partial charge on any atom is 0.255 e. The Hall–Kier alpha value is -2.73. The van der Waals surface area contributed by atoms with Crippen molar-refractivity contribution in [3.8, 4) is 0 Å². The number of aliphatic hydroxyl groups excluding tert-OH is 1. The Kier molecular flexibility index (Phi) is 5.40. The van der Waals surface area contributed by atoms with Crippen LogP contribution in [-0.4, -0.2) is 38.3 Å². The molecule has 0 saturated carbocycles. The highest BCUT2D eigenvalue weighted by atomic mass is 16.3. The minimum atomic E-state index is -0.354. The number of aryl methyl sites for hydroxylation is 1. The number of rotatable bonds is 7. The summed E-state index contributed by atoms with van der Waals surface area (Å²) in [5.74, 6) is 0.589. The predicted octanol–water partition coefficient (Wildman–Crippen LogP) is 2.02. The average molecular weight is 338 g/mol. The number of hydrogen-bond acceptors (Lipinski definition) is 4. The molecule has 6 nitrogen and oxygen atoms in total. The quantitative estimate of drug-likeness (QED) is 0.691. The van der Waals surface area contributed by atoms with Crippen molar-refractivity contribution in [2.45, 2.75) is 32.2 Å². The molecule has 0 aliphatic rings. The van der Waals surface area contributed by atoms with Gasteiger partial charge in [-0.3, -0.25) is 9.20 Å². The summed E-state index contributed by atoms with van der Waals surface area (Å²) < 4.78 is 1.85. The molecule has 0 aliphatic heterocycles. The number of hydrogen-bond donors (Lipinski definition) is 2. The Labute approximate surface area is 146 Å². The van der Waals surface area contributed by atoms with Crippen molar-refractivity contribution in [1.82, 2.24) is 19.9 Å². The Morgan fingerprint density at radius 3 is 2.72 bits per heavy atom. The van der Waals surface area contributed by atoms with Crippen LogP contribution < -0.4 is 5.32 Å². The molecule has 2 aromatic heterocycles. The van der Waals surface area contributed by atoms with Crippen molar-refractivity contribution in [1.29, 1.82) is 0 Å². The molecular formula is C19H22N4O2. The summed E-state index contributed by atoms with van der Waals surface area (Å²) in [7, 11) is 0. The lowest BCUT2D eigenvalue weighted by Crippen LogP contribution is -2.39. The van der Waals surface area contributed by atoms with E-state index in [9.17, 15) is 9.90 Å². The molecule has 0 fully saturated rings. The van der Waals surface area contributed by atoms with Crippen LogP contribution in [0.25, 0.3) is 5.65 Å². The second-order valence-electron chi connectivity index (χ2n) is 6.02. The second kappa shape index (κ2) is 7.90. The summed E-state index contributed by atoms with van der Waals surface area (Å²) in [5, 5.41) is 20.9. The van der Waals surface area contributed by atoms with Gasteiger partial charge in [-0.2, -0.15) is 0 Å². The molecule has 3 aromatic rings. The lowest BCUT2D eigenvalue weighted by Gasteiger charge is -2.16. The molecule has 0 saturated heterocycles. The van der Waals surface area contributed by atoms with Gasteiger partial charge in [0.2, 0.25) is 0 Å².